The first-order valence-corrected chi connectivity index (χ1v) is 10.3. The number of unbranched alkanes of at least 4 members (excludes halogenated alkanes) is 9. The molecule has 0 unspecified atom stereocenters. The van der Waals surface area contributed by atoms with Gasteiger partial charge in [-0.2, -0.15) is 0 Å². The topological polar surface area (TPSA) is 153 Å². The van der Waals surface area contributed by atoms with Gasteiger partial charge < -0.3 is 25.6 Å². The zero-order valence-corrected chi connectivity index (χ0v) is 19.2. The van der Waals surface area contributed by atoms with E-state index in [4.69, 9.17) is 21.1 Å². The van der Waals surface area contributed by atoms with Gasteiger partial charge in [-0.25, -0.2) is 8.42 Å². The number of nitrogens with two attached hydrogens (primary N) is 1. The number of rotatable bonds is 15. The SMILES string of the molecule is CCCCCCCCCCCCOS(=O)(=O)[O-].NC(CO)(CO)CO.[Na+]. The van der Waals surface area contributed by atoms with Crippen LogP contribution in [0.3, 0.4) is 0 Å². The molecule has 0 radical (unpaired) electrons. The Bertz CT molecular complexity index is 371. The number of hydrogen-bond donors (Lipinski definition) is 4. The van der Waals surface area contributed by atoms with Crippen LogP contribution in [0.1, 0.15) is 71.1 Å². The summed E-state index contributed by atoms with van der Waals surface area (Å²) in [4.78, 5) is 0. The molecule has 0 heterocycles. The molecule has 0 aliphatic rings. The molecule has 0 amide bonds. The number of aliphatic hydroxyl groups excluding tert-OH is 3. The minimum atomic E-state index is -4.48. The first kappa shape index (κ1) is 31.4. The maximum Gasteiger partial charge on any atom is 1.00 e. The molecule has 0 bridgehead atoms. The second kappa shape index (κ2) is 20.4. The van der Waals surface area contributed by atoms with Gasteiger partial charge in [0.25, 0.3) is 0 Å². The molecular weight excluding hydrogens is 373 g/mol. The summed E-state index contributed by atoms with van der Waals surface area (Å²) in [5.74, 6) is 0. The molecule has 0 aromatic rings. The van der Waals surface area contributed by atoms with Crippen molar-refractivity contribution in [3.63, 3.8) is 0 Å². The Morgan fingerprint density at radius 2 is 1.19 bits per heavy atom. The summed E-state index contributed by atoms with van der Waals surface area (Å²) in [5.41, 5.74) is 3.94. The fourth-order valence-corrected chi connectivity index (χ4v) is 2.22. The van der Waals surface area contributed by atoms with Crippen LogP contribution in [0.2, 0.25) is 0 Å². The van der Waals surface area contributed by atoms with E-state index in [0.29, 0.717) is 6.42 Å². The average Bonchev–Trinajstić information content (AvgIpc) is 2.58. The number of hydrogen-bond acceptors (Lipinski definition) is 8. The third-order valence-corrected chi connectivity index (χ3v) is 4.13. The van der Waals surface area contributed by atoms with Crippen molar-refractivity contribution in [3.8, 4) is 0 Å². The molecule has 0 aliphatic carbocycles. The minimum Gasteiger partial charge on any atom is -0.726 e. The van der Waals surface area contributed by atoms with Crippen LogP contribution in [0, 0.1) is 0 Å². The van der Waals surface area contributed by atoms with Crippen molar-refractivity contribution in [1.82, 2.24) is 0 Å². The van der Waals surface area contributed by atoms with Gasteiger partial charge >= 0.3 is 29.6 Å². The Balaban J connectivity index is -0.000000498. The molecule has 8 nitrogen and oxygen atoms in total. The van der Waals surface area contributed by atoms with Crippen LogP contribution in [0.25, 0.3) is 0 Å². The van der Waals surface area contributed by atoms with Crippen LogP contribution < -0.4 is 35.3 Å². The van der Waals surface area contributed by atoms with Gasteiger partial charge in [0, 0.05) is 0 Å². The van der Waals surface area contributed by atoms with E-state index in [0.717, 1.165) is 12.8 Å². The molecule has 26 heavy (non-hydrogen) atoms. The zero-order valence-electron chi connectivity index (χ0n) is 16.4. The molecule has 5 N–H and O–H groups in total. The van der Waals surface area contributed by atoms with Crippen molar-refractivity contribution < 1.29 is 62.0 Å². The van der Waals surface area contributed by atoms with Crippen LogP contribution in [0.5, 0.6) is 0 Å². The molecule has 0 spiro atoms. The molecule has 0 saturated heterocycles. The second-order valence-corrected chi connectivity index (χ2v) is 7.30. The molecule has 0 rings (SSSR count). The Morgan fingerprint density at radius 3 is 1.46 bits per heavy atom. The van der Waals surface area contributed by atoms with Crippen LogP contribution in [-0.4, -0.2) is 60.3 Å². The molecule has 154 valence electrons. The first-order valence-electron chi connectivity index (χ1n) is 8.96. The molecule has 0 atom stereocenters. The molecule has 0 fully saturated rings. The van der Waals surface area contributed by atoms with E-state index in [9.17, 15) is 13.0 Å². The van der Waals surface area contributed by atoms with Crippen LogP contribution >= 0.6 is 0 Å². The van der Waals surface area contributed by atoms with Crippen molar-refractivity contribution in [2.24, 2.45) is 5.73 Å². The summed E-state index contributed by atoms with van der Waals surface area (Å²) in [5, 5.41) is 25.0. The summed E-state index contributed by atoms with van der Waals surface area (Å²) in [6.07, 6.45) is 11.7. The van der Waals surface area contributed by atoms with E-state index >= 15 is 0 Å². The average molecular weight is 410 g/mol. The van der Waals surface area contributed by atoms with Crippen molar-refractivity contribution >= 4 is 10.4 Å². The van der Waals surface area contributed by atoms with Crippen molar-refractivity contribution in [2.75, 3.05) is 26.4 Å². The Morgan fingerprint density at radius 1 is 0.846 bits per heavy atom. The van der Waals surface area contributed by atoms with Crippen molar-refractivity contribution in [1.29, 1.82) is 0 Å². The molecule has 0 saturated carbocycles. The summed E-state index contributed by atoms with van der Waals surface area (Å²) in [6.45, 7) is 1.03. The van der Waals surface area contributed by atoms with E-state index in [2.05, 4.69) is 11.1 Å². The monoisotopic (exact) mass is 409 g/mol. The van der Waals surface area contributed by atoms with Gasteiger partial charge in [0.05, 0.1) is 32.0 Å². The van der Waals surface area contributed by atoms with Gasteiger partial charge in [-0.1, -0.05) is 64.7 Å². The summed E-state index contributed by atoms with van der Waals surface area (Å²) < 4.78 is 34.5. The standard InChI is InChI=1S/C12H26O4S.C4H11NO3.Na/c1-2-3-4-5-6-7-8-9-10-11-12-16-17(13,14)15;5-4(1-6,2-7)3-8;/h2-12H2,1H3,(H,13,14,15);6-8H,1-3,5H2;/q;;+1/p-1. The van der Waals surface area contributed by atoms with E-state index in [-0.39, 0.29) is 36.2 Å². The maximum absolute atomic E-state index is 10.1. The normalized spacial score (nSPS) is 11.5. The third-order valence-electron chi connectivity index (χ3n) is 3.67. The first-order chi connectivity index (χ1) is 11.7. The summed E-state index contributed by atoms with van der Waals surface area (Å²) in [6, 6.07) is 0. The van der Waals surface area contributed by atoms with Gasteiger partial charge in [-0.3, -0.25) is 4.18 Å². The van der Waals surface area contributed by atoms with E-state index < -0.39 is 35.8 Å². The molecule has 10 heteroatoms. The zero-order chi connectivity index (χ0) is 19.6. The van der Waals surface area contributed by atoms with Gasteiger partial charge in [0.2, 0.25) is 10.4 Å². The van der Waals surface area contributed by atoms with Crippen molar-refractivity contribution in [3.05, 3.63) is 0 Å². The predicted molar refractivity (Wildman–Crippen MR) is 95.7 cm³/mol. The van der Waals surface area contributed by atoms with Gasteiger partial charge in [-0.05, 0) is 6.42 Å². The quantitative estimate of drug-likeness (QED) is 0.105. The van der Waals surface area contributed by atoms with Crippen molar-refractivity contribution in [2.45, 2.75) is 76.7 Å². The minimum absolute atomic E-state index is 0. The van der Waals surface area contributed by atoms with Gasteiger partial charge in [0.1, 0.15) is 0 Å². The van der Waals surface area contributed by atoms with Crippen LogP contribution in [0.15, 0.2) is 0 Å². The maximum atomic E-state index is 10.1. The summed E-state index contributed by atoms with van der Waals surface area (Å²) >= 11 is 0. The van der Waals surface area contributed by atoms with Gasteiger partial charge in [-0.15, -0.1) is 0 Å². The Kier molecular flexibility index (Phi) is 24.7. The number of aliphatic hydroxyl groups is 3. The Hall–Kier alpha value is 0.710. The smallest absolute Gasteiger partial charge is 0.726 e. The molecule has 0 aromatic heterocycles. The molecule has 0 aliphatic heterocycles. The van der Waals surface area contributed by atoms with E-state index in [1.165, 1.54) is 44.9 Å². The largest absolute Gasteiger partial charge is 1.00 e. The Labute approximate surface area is 180 Å². The summed E-state index contributed by atoms with van der Waals surface area (Å²) in [7, 11) is -4.48. The van der Waals surface area contributed by atoms with E-state index in [1.807, 2.05) is 0 Å². The van der Waals surface area contributed by atoms with Gasteiger partial charge in [0.15, 0.2) is 0 Å². The van der Waals surface area contributed by atoms with E-state index in [1.54, 1.807) is 0 Å². The second-order valence-electron chi connectivity index (χ2n) is 6.25. The molecule has 0 aromatic carbocycles. The fourth-order valence-electron chi connectivity index (χ4n) is 1.90. The fraction of sp³-hybridized carbons (Fsp3) is 1.00. The van der Waals surface area contributed by atoms with Crippen LogP contribution in [-0.2, 0) is 14.6 Å². The predicted octanol–water partition coefficient (Wildman–Crippen LogP) is -1.95. The molecular formula is C16H36NNaO7S. The third kappa shape index (κ3) is 24.7. The van der Waals surface area contributed by atoms with Crippen LogP contribution in [0.4, 0.5) is 0 Å².